The van der Waals surface area contributed by atoms with E-state index in [-0.39, 0.29) is 29.7 Å². The standard InChI is InChI=1S/C20H21N5O2/c1-20(2,3)11-25-13(8-12-9-22-19(21)23-16(12)25)10-24-17(26)14-6-4-5-7-15(14)18(24)27/h4-9H,10-11H2,1-3H3,(H2,21,22,23). The predicted molar refractivity (Wildman–Crippen MR) is 102 cm³/mol. The number of aromatic nitrogens is 3. The Morgan fingerprint density at radius 3 is 2.30 bits per heavy atom. The van der Waals surface area contributed by atoms with Gasteiger partial charge in [-0.1, -0.05) is 32.9 Å². The number of nitrogen functional groups attached to an aromatic ring is 1. The summed E-state index contributed by atoms with van der Waals surface area (Å²) in [5.74, 6) is -0.342. The third kappa shape index (κ3) is 2.95. The highest BCUT2D eigenvalue weighted by Gasteiger charge is 2.36. The summed E-state index contributed by atoms with van der Waals surface area (Å²) < 4.78 is 2.02. The van der Waals surface area contributed by atoms with E-state index in [1.54, 1.807) is 30.5 Å². The van der Waals surface area contributed by atoms with Crippen molar-refractivity contribution in [1.82, 2.24) is 19.4 Å². The minimum atomic E-state index is -0.270. The van der Waals surface area contributed by atoms with Crippen LogP contribution in [0.15, 0.2) is 36.5 Å². The minimum Gasteiger partial charge on any atom is -0.368 e. The molecule has 3 heterocycles. The molecule has 0 saturated heterocycles. The van der Waals surface area contributed by atoms with E-state index in [1.165, 1.54) is 4.90 Å². The van der Waals surface area contributed by atoms with Crippen LogP contribution in [0, 0.1) is 5.41 Å². The number of hydrogen-bond acceptors (Lipinski definition) is 5. The fourth-order valence-corrected chi connectivity index (χ4v) is 3.43. The lowest BCUT2D eigenvalue weighted by Gasteiger charge is -2.23. The summed E-state index contributed by atoms with van der Waals surface area (Å²) in [6.45, 7) is 7.21. The number of nitrogens with zero attached hydrogens (tertiary/aromatic N) is 4. The topological polar surface area (TPSA) is 94.1 Å². The molecule has 27 heavy (non-hydrogen) atoms. The molecule has 4 rings (SSSR count). The van der Waals surface area contributed by atoms with Crippen molar-refractivity contribution in [3.05, 3.63) is 53.3 Å². The van der Waals surface area contributed by atoms with Crippen LogP contribution in [0.4, 0.5) is 5.95 Å². The summed E-state index contributed by atoms with van der Waals surface area (Å²) in [5.41, 5.74) is 8.19. The van der Waals surface area contributed by atoms with Crippen LogP contribution in [-0.2, 0) is 13.1 Å². The summed E-state index contributed by atoms with van der Waals surface area (Å²) >= 11 is 0. The van der Waals surface area contributed by atoms with Gasteiger partial charge in [-0.05, 0) is 23.6 Å². The second kappa shape index (κ2) is 5.90. The maximum absolute atomic E-state index is 12.7. The van der Waals surface area contributed by atoms with Crippen molar-refractivity contribution in [2.75, 3.05) is 5.73 Å². The molecule has 1 aromatic carbocycles. The van der Waals surface area contributed by atoms with Gasteiger partial charge in [0.1, 0.15) is 5.65 Å². The molecule has 1 aliphatic heterocycles. The lowest BCUT2D eigenvalue weighted by Crippen LogP contribution is -2.30. The third-order valence-electron chi connectivity index (χ3n) is 4.57. The Morgan fingerprint density at radius 1 is 1.07 bits per heavy atom. The smallest absolute Gasteiger partial charge is 0.261 e. The average Bonchev–Trinajstić information content (AvgIpc) is 3.05. The zero-order valence-electron chi connectivity index (χ0n) is 15.6. The van der Waals surface area contributed by atoms with Crippen LogP contribution >= 0.6 is 0 Å². The Bertz CT molecular complexity index is 1040. The van der Waals surface area contributed by atoms with Gasteiger partial charge in [-0.25, -0.2) is 4.98 Å². The van der Waals surface area contributed by atoms with Gasteiger partial charge in [0.2, 0.25) is 5.95 Å². The Labute approximate surface area is 156 Å². The van der Waals surface area contributed by atoms with Gasteiger partial charge in [-0.3, -0.25) is 14.5 Å². The minimum absolute atomic E-state index is 0.0254. The van der Waals surface area contributed by atoms with Gasteiger partial charge in [0.25, 0.3) is 11.8 Å². The van der Waals surface area contributed by atoms with Gasteiger partial charge in [0.05, 0.1) is 17.7 Å². The van der Waals surface area contributed by atoms with Crippen LogP contribution in [0.1, 0.15) is 47.2 Å². The maximum atomic E-state index is 12.7. The fraction of sp³-hybridized carbons (Fsp3) is 0.300. The molecule has 1 aliphatic rings. The molecule has 0 saturated carbocycles. The zero-order chi connectivity index (χ0) is 19.3. The van der Waals surface area contributed by atoms with Gasteiger partial charge >= 0.3 is 0 Å². The number of benzene rings is 1. The van der Waals surface area contributed by atoms with Crippen molar-refractivity contribution >= 4 is 28.8 Å². The van der Waals surface area contributed by atoms with E-state index in [2.05, 4.69) is 30.7 Å². The molecule has 2 aromatic heterocycles. The van der Waals surface area contributed by atoms with Crippen LogP contribution in [0.5, 0.6) is 0 Å². The van der Waals surface area contributed by atoms with E-state index in [0.29, 0.717) is 23.3 Å². The van der Waals surface area contributed by atoms with Crippen molar-refractivity contribution in [2.45, 2.75) is 33.9 Å². The first-order valence-electron chi connectivity index (χ1n) is 8.80. The Kier molecular flexibility index (Phi) is 3.76. The zero-order valence-corrected chi connectivity index (χ0v) is 15.6. The molecular weight excluding hydrogens is 342 g/mol. The largest absolute Gasteiger partial charge is 0.368 e. The quantitative estimate of drug-likeness (QED) is 0.722. The highest BCUT2D eigenvalue weighted by Crippen LogP contribution is 2.28. The SMILES string of the molecule is CC(C)(C)Cn1c(CN2C(=O)c3ccccc3C2=O)cc2cnc(N)nc21. The van der Waals surface area contributed by atoms with Gasteiger partial charge in [-0.2, -0.15) is 4.98 Å². The van der Waals surface area contributed by atoms with Crippen LogP contribution in [0.2, 0.25) is 0 Å². The summed E-state index contributed by atoms with van der Waals surface area (Å²) in [7, 11) is 0. The van der Waals surface area contributed by atoms with Gasteiger partial charge in [-0.15, -0.1) is 0 Å². The molecule has 0 fully saturated rings. The number of rotatable bonds is 3. The Balaban J connectivity index is 1.77. The summed E-state index contributed by atoms with van der Waals surface area (Å²) in [5, 5.41) is 0.833. The number of imide groups is 1. The van der Waals surface area contributed by atoms with E-state index in [4.69, 9.17) is 5.73 Å². The second-order valence-electron chi connectivity index (χ2n) is 8.03. The normalized spacial score (nSPS) is 14.3. The number of carbonyl (C=O) groups excluding carboxylic acids is 2. The molecule has 138 valence electrons. The van der Waals surface area contributed by atoms with Crippen molar-refractivity contribution in [3.8, 4) is 0 Å². The highest BCUT2D eigenvalue weighted by atomic mass is 16.2. The molecule has 7 heteroatoms. The third-order valence-corrected chi connectivity index (χ3v) is 4.57. The van der Waals surface area contributed by atoms with E-state index >= 15 is 0 Å². The molecular formula is C20H21N5O2. The first-order valence-corrected chi connectivity index (χ1v) is 8.80. The van der Waals surface area contributed by atoms with E-state index in [9.17, 15) is 9.59 Å². The average molecular weight is 363 g/mol. The van der Waals surface area contributed by atoms with Gasteiger partial charge in [0, 0.05) is 23.8 Å². The number of amides is 2. The van der Waals surface area contributed by atoms with E-state index in [1.807, 2.05) is 10.6 Å². The fourth-order valence-electron chi connectivity index (χ4n) is 3.43. The maximum Gasteiger partial charge on any atom is 0.261 e. The molecule has 2 amide bonds. The molecule has 2 N–H and O–H groups in total. The number of fused-ring (bicyclic) bond motifs is 2. The van der Waals surface area contributed by atoms with Crippen molar-refractivity contribution in [2.24, 2.45) is 5.41 Å². The molecule has 0 aliphatic carbocycles. The predicted octanol–water partition coefficient (Wildman–Crippen LogP) is 2.86. The lowest BCUT2D eigenvalue weighted by molar-refractivity contribution is 0.0638. The molecule has 0 unspecified atom stereocenters. The van der Waals surface area contributed by atoms with Crippen LogP contribution < -0.4 is 5.73 Å². The molecule has 7 nitrogen and oxygen atoms in total. The van der Waals surface area contributed by atoms with Gasteiger partial charge < -0.3 is 10.3 Å². The van der Waals surface area contributed by atoms with Crippen molar-refractivity contribution in [1.29, 1.82) is 0 Å². The monoisotopic (exact) mass is 363 g/mol. The Morgan fingerprint density at radius 2 is 1.70 bits per heavy atom. The number of carbonyl (C=O) groups is 2. The number of nitrogens with two attached hydrogens (primary N) is 1. The first-order chi connectivity index (χ1) is 12.7. The molecule has 0 bridgehead atoms. The van der Waals surface area contributed by atoms with Crippen LogP contribution in [-0.4, -0.2) is 31.2 Å². The number of hydrogen-bond donors (Lipinski definition) is 1. The van der Waals surface area contributed by atoms with Crippen molar-refractivity contribution < 1.29 is 9.59 Å². The summed E-state index contributed by atoms with van der Waals surface area (Å²) in [4.78, 5) is 35.2. The lowest BCUT2D eigenvalue weighted by atomic mass is 9.97. The molecule has 3 aromatic rings. The van der Waals surface area contributed by atoms with Crippen LogP contribution in [0.25, 0.3) is 11.0 Å². The molecule has 0 spiro atoms. The molecule has 0 atom stereocenters. The van der Waals surface area contributed by atoms with E-state index < -0.39 is 0 Å². The second-order valence-corrected chi connectivity index (χ2v) is 8.03. The Hall–Kier alpha value is -3.22. The van der Waals surface area contributed by atoms with Crippen LogP contribution in [0.3, 0.4) is 0 Å². The first kappa shape index (κ1) is 17.2. The van der Waals surface area contributed by atoms with E-state index in [0.717, 1.165) is 11.1 Å². The highest BCUT2D eigenvalue weighted by molar-refractivity contribution is 6.21. The molecule has 0 radical (unpaired) electrons. The summed E-state index contributed by atoms with van der Waals surface area (Å²) in [6, 6.07) is 8.83. The van der Waals surface area contributed by atoms with Crippen molar-refractivity contribution in [3.63, 3.8) is 0 Å². The summed E-state index contributed by atoms with van der Waals surface area (Å²) in [6.07, 6.45) is 1.67. The van der Waals surface area contributed by atoms with Gasteiger partial charge in [0.15, 0.2) is 0 Å². The number of anilines is 1.